The Bertz CT molecular complexity index is 674. The maximum atomic E-state index is 5.50. The molecular formula is C14H15N5S. The molecule has 0 spiro atoms. The SMILES string of the molecule is NCCc1cn(Cc2csc(-c3ccccc3)n2)nn1. The Morgan fingerprint density at radius 1 is 1.15 bits per heavy atom. The molecule has 1 aromatic carbocycles. The quantitative estimate of drug-likeness (QED) is 0.778. The summed E-state index contributed by atoms with van der Waals surface area (Å²) in [5, 5.41) is 11.3. The summed E-state index contributed by atoms with van der Waals surface area (Å²) in [5.74, 6) is 0. The minimum absolute atomic E-state index is 0.591. The molecule has 6 heteroatoms. The van der Waals surface area contributed by atoms with Gasteiger partial charge in [-0.15, -0.1) is 16.4 Å². The average molecular weight is 285 g/mol. The van der Waals surface area contributed by atoms with Gasteiger partial charge >= 0.3 is 0 Å². The number of aromatic nitrogens is 4. The van der Waals surface area contributed by atoms with Crippen LogP contribution in [0, 0.1) is 0 Å². The Hall–Kier alpha value is -2.05. The molecule has 20 heavy (non-hydrogen) atoms. The van der Waals surface area contributed by atoms with E-state index in [1.165, 1.54) is 0 Å². The molecule has 0 fully saturated rings. The van der Waals surface area contributed by atoms with Crippen LogP contribution in [0.25, 0.3) is 10.6 Å². The maximum absolute atomic E-state index is 5.50. The molecule has 0 atom stereocenters. The first-order chi connectivity index (χ1) is 9.85. The Balaban J connectivity index is 1.73. The number of nitrogens with zero attached hydrogens (tertiary/aromatic N) is 4. The topological polar surface area (TPSA) is 69.6 Å². The number of thiazole rings is 1. The molecular weight excluding hydrogens is 270 g/mol. The van der Waals surface area contributed by atoms with Crippen LogP contribution in [-0.4, -0.2) is 26.5 Å². The minimum Gasteiger partial charge on any atom is -0.330 e. The summed E-state index contributed by atoms with van der Waals surface area (Å²) < 4.78 is 1.80. The van der Waals surface area contributed by atoms with E-state index in [0.717, 1.165) is 28.4 Å². The van der Waals surface area contributed by atoms with E-state index < -0.39 is 0 Å². The lowest BCUT2D eigenvalue weighted by Crippen LogP contribution is -2.03. The van der Waals surface area contributed by atoms with Crippen LogP contribution in [0.1, 0.15) is 11.4 Å². The Kier molecular flexibility index (Phi) is 3.85. The highest BCUT2D eigenvalue weighted by molar-refractivity contribution is 7.13. The molecule has 2 N–H and O–H groups in total. The van der Waals surface area contributed by atoms with E-state index in [4.69, 9.17) is 5.73 Å². The van der Waals surface area contributed by atoms with Gasteiger partial charge in [0.25, 0.3) is 0 Å². The molecule has 102 valence electrons. The summed E-state index contributed by atoms with van der Waals surface area (Å²) in [6.45, 7) is 1.23. The zero-order valence-electron chi connectivity index (χ0n) is 10.9. The van der Waals surface area contributed by atoms with Crippen molar-refractivity contribution in [3.63, 3.8) is 0 Å². The highest BCUT2D eigenvalue weighted by Crippen LogP contribution is 2.23. The van der Waals surface area contributed by atoms with Gasteiger partial charge in [0.15, 0.2) is 0 Å². The third-order valence-corrected chi connectivity index (χ3v) is 3.82. The second-order valence-corrected chi connectivity index (χ2v) is 5.31. The maximum Gasteiger partial charge on any atom is 0.123 e. The average Bonchev–Trinajstić information content (AvgIpc) is 3.11. The molecule has 0 aliphatic rings. The van der Waals surface area contributed by atoms with Crippen molar-refractivity contribution in [2.45, 2.75) is 13.0 Å². The Morgan fingerprint density at radius 3 is 2.80 bits per heavy atom. The highest BCUT2D eigenvalue weighted by Gasteiger charge is 2.06. The smallest absolute Gasteiger partial charge is 0.123 e. The van der Waals surface area contributed by atoms with Gasteiger partial charge in [0, 0.05) is 23.6 Å². The lowest BCUT2D eigenvalue weighted by Gasteiger charge is -1.96. The molecule has 0 bridgehead atoms. The van der Waals surface area contributed by atoms with Gasteiger partial charge < -0.3 is 5.73 Å². The van der Waals surface area contributed by atoms with Crippen LogP contribution in [0.3, 0.4) is 0 Å². The molecule has 0 aliphatic heterocycles. The van der Waals surface area contributed by atoms with Crippen molar-refractivity contribution in [3.05, 3.63) is 53.3 Å². The van der Waals surface area contributed by atoms with Gasteiger partial charge in [-0.1, -0.05) is 35.5 Å². The van der Waals surface area contributed by atoms with E-state index in [-0.39, 0.29) is 0 Å². The van der Waals surface area contributed by atoms with Crippen molar-refractivity contribution in [2.24, 2.45) is 5.73 Å². The van der Waals surface area contributed by atoms with E-state index >= 15 is 0 Å². The predicted octanol–water partition coefficient (Wildman–Crippen LogP) is 1.95. The number of benzene rings is 1. The van der Waals surface area contributed by atoms with Gasteiger partial charge in [-0.25, -0.2) is 9.67 Å². The number of hydrogen-bond acceptors (Lipinski definition) is 5. The predicted molar refractivity (Wildman–Crippen MR) is 79.4 cm³/mol. The number of hydrogen-bond donors (Lipinski definition) is 1. The van der Waals surface area contributed by atoms with E-state index in [1.807, 2.05) is 24.4 Å². The second-order valence-electron chi connectivity index (χ2n) is 4.46. The third-order valence-electron chi connectivity index (χ3n) is 2.88. The third kappa shape index (κ3) is 2.92. The van der Waals surface area contributed by atoms with E-state index in [0.29, 0.717) is 13.1 Å². The van der Waals surface area contributed by atoms with Gasteiger partial charge in [0.2, 0.25) is 0 Å². The first-order valence-corrected chi connectivity index (χ1v) is 7.32. The van der Waals surface area contributed by atoms with Gasteiger partial charge in [-0.05, 0) is 6.54 Å². The number of nitrogens with two attached hydrogens (primary N) is 1. The largest absolute Gasteiger partial charge is 0.330 e. The molecule has 2 aromatic heterocycles. The van der Waals surface area contributed by atoms with Crippen molar-refractivity contribution in [1.29, 1.82) is 0 Å². The van der Waals surface area contributed by atoms with Crippen molar-refractivity contribution < 1.29 is 0 Å². The monoisotopic (exact) mass is 285 g/mol. The van der Waals surface area contributed by atoms with Crippen LogP contribution in [0.4, 0.5) is 0 Å². The first-order valence-electron chi connectivity index (χ1n) is 6.44. The minimum atomic E-state index is 0.591. The zero-order valence-corrected chi connectivity index (χ0v) is 11.8. The normalized spacial score (nSPS) is 10.8. The lowest BCUT2D eigenvalue weighted by atomic mass is 10.2. The summed E-state index contributed by atoms with van der Waals surface area (Å²) in [5.41, 5.74) is 8.57. The summed E-state index contributed by atoms with van der Waals surface area (Å²) in [6, 6.07) is 10.2. The summed E-state index contributed by atoms with van der Waals surface area (Å²) in [6.07, 6.45) is 2.68. The van der Waals surface area contributed by atoms with Gasteiger partial charge in [0.05, 0.1) is 17.9 Å². The summed E-state index contributed by atoms with van der Waals surface area (Å²) in [7, 11) is 0. The van der Waals surface area contributed by atoms with Crippen LogP contribution in [0.2, 0.25) is 0 Å². The lowest BCUT2D eigenvalue weighted by molar-refractivity contribution is 0.641. The molecule has 0 radical (unpaired) electrons. The van der Waals surface area contributed by atoms with Crippen LogP contribution in [-0.2, 0) is 13.0 Å². The molecule has 0 saturated heterocycles. The van der Waals surface area contributed by atoms with Crippen LogP contribution in [0.5, 0.6) is 0 Å². The van der Waals surface area contributed by atoms with Gasteiger partial charge in [0.1, 0.15) is 5.01 Å². The zero-order chi connectivity index (χ0) is 13.8. The fraction of sp³-hybridized carbons (Fsp3) is 0.214. The molecule has 3 aromatic rings. The highest BCUT2D eigenvalue weighted by atomic mass is 32.1. The molecule has 3 rings (SSSR count). The second kappa shape index (κ2) is 5.94. The summed E-state index contributed by atoms with van der Waals surface area (Å²) in [4.78, 5) is 4.64. The molecule has 2 heterocycles. The summed E-state index contributed by atoms with van der Waals surface area (Å²) >= 11 is 1.65. The van der Waals surface area contributed by atoms with E-state index in [2.05, 4.69) is 32.8 Å². The van der Waals surface area contributed by atoms with Crippen molar-refractivity contribution in [3.8, 4) is 10.6 Å². The fourth-order valence-electron chi connectivity index (χ4n) is 1.94. The molecule has 0 unspecified atom stereocenters. The van der Waals surface area contributed by atoms with Gasteiger partial charge in [-0.3, -0.25) is 0 Å². The van der Waals surface area contributed by atoms with Crippen molar-refractivity contribution in [1.82, 2.24) is 20.0 Å². The van der Waals surface area contributed by atoms with Crippen molar-refractivity contribution >= 4 is 11.3 Å². The Morgan fingerprint density at radius 2 is 2.00 bits per heavy atom. The molecule has 0 saturated carbocycles. The van der Waals surface area contributed by atoms with Gasteiger partial charge in [-0.2, -0.15) is 0 Å². The Labute approximate surface area is 121 Å². The van der Waals surface area contributed by atoms with E-state index in [1.54, 1.807) is 16.0 Å². The number of rotatable bonds is 5. The fourth-order valence-corrected chi connectivity index (χ4v) is 2.75. The standard InChI is InChI=1S/C14H15N5S/c15-7-6-12-8-19(18-17-12)9-13-10-20-14(16-13)11-4-2-1-3-5-11/h1-5,8,10H,6-7,9,15H2. The molecule has 0 amide bonds. The van der Waals surface area contributed by atoms with E-state index in [9.17, 15) is 0 Å². The molecule has 5 nitrogen and oxygen atoms in total. The molecule has 0 aliphatic carbocycles. The van der Waals surface area contributed by atoms with Crippen molar-refractivity contribution in [2.75, 3.05) is 6.54 Å². The first kappa shape index (κ1) is 13.0. The van der Waals surface area contributed by atoms with Crippen LogP contribution >= 0.6 is 11.3 Å². The van der Waals surface area contributed by atoms with Crippen LogP contribution < -0.4 is 5.73 Å². The van der Waals surface area contributed by atoms with Crippen LogP contribution in [0.15, 0.2) is 41.9 Å².